The van der Waals surface area contributed by atoms with Gasteiger partial charge in [0.15, 0.2) is 11.5 Å². The smallest absolute Gasteiger partial charge is 0.211 e. The summed E-state index contributed by atoms with van der Waals surface area (Å²) >= 11 is 0. The van der Waals surface area contributed by atoms with Crippen LogP contribution in [0.1, 0.15) is 27.1 Å². The molecule has 5 rings (SSSR count). The summed E-state index contributed by atoms with van der Waals surface area (Å²) in [5, 5.41) is 4.76. The first-order valence-electron chi connectivity index (χ1n) is 11.3. The van der Waals surface area contributed by atoms with Crippen LogP contribution in [0.5, 0.6) is 11.5 Å². The second-order valence-electron chi connectivity index (χ2n) is 6.21. The maximum Gasteiger partial charge on any atom is 0.211 e. The molecule has 0 saturated carbocycles. The SMILES string of the molecule is [2H]OC1([2H])C=C[C@@H]2[C@@]34CCN(C([2H])([2H])[2H])[C@]2([2H])C([2H])([2H])c2ccc(OC)c(c23)OC14. The van der Waals surface area contributed by atoms with Gasteiger partial charge in [-0.05, 0) is 37.9 Å². The van der Waals surface area contributed by atoms with Crippen molar-refractivity contribution < 1.29 is 24.2 Å². The van der Waals surface area contributed by atoms with Crippen LogP contribution in [-0.2, 0) is 11.8 Å². The molecular formula is C18H21NO3. The number of nitrogens with zero attached hydrogens (tertiary/aromatic N) is 1. The highest BCUT2D eigenvalue weighted by molar-refractivity contribution is 5.62. The zero-order valence-electron chi connectivity index (χ0n) is 20.1. The van der Waals surface area contributed by atoms with Gasteiger partial charge in [-0.25, -0.2) is 0 Å². The molecule has 0 aromatic heterocycles. The molecule has 0 amide bonds. The van der Waals surface area contributed by atoms with Crippen LogP contribution in [0.15, 0.2) is 24.3 Å². The molecule has 4 heteroatoms. The lowest BCUT2D eigenvalue weighted by Crippen LogP contribution is -2.64. The Morgan fingerprint density at radius 3 is 3.36 bits per heavy atom. The summed E-state index contributed by atoms with van der Waals surface area (Å²) < 4.78 is 78.9. The lowest BCUT2D eigenvalue weighted by atomic mass is 9.53. The molecule has 1 fully saturated rings. The minimum Gasteiger partial charge on any atom is -0.493 e. The molecule has 4 nitrogen and oxygen atoms in total. The minimum absolute atomic E-state index is 0.0894. The van der Waals surface area contributed by atoms with Crippen molar-refractivity contribution >= 4 is 0 Å². The number of piperidine rings is 1. The fraction of sp³-hybridized carbons (Fsp3) is 0.556. The van der Waals surface area contributed by atoms with Gasteiger partial charge in [-0.3, -0.25) is 0 Å². The van der Waals surface area contributed by atoms with E-state index in [1.165, 1.54) is 31.4 Å². The van der Waals surface area contributed by atoms with Gasteiger partial charge in [0.05, 0.1) is 8.48 Å². The number of ether oxygens (including phenoxy) is 2. The third-order valence-electron chi connectivity index (χ3n) is 5.37. The van der Waals surface area contributed by atoms with E-state index in [4.69, 9.17) is 24.2 Å². The van der Waals surface area contributed by atoms with Crippen LogP contribution in [0.2, 0.25) is 0 Å². The van der Waals surface area contributed by atoms with E-state index in [9.17, 15) is 1.37 Å². The van der Waals surface area contributed by atoms with Crippen LogP contribution >= 0.6 is 0 Å². The van der Waals surface area contributed by atoms with Crippen LogP contribution in [-0.4, -0.2) is 50.3 Å². The van der Waals surface area contributed by atoms with Gasteiger partial charge in [-0.15, -0.1) is 0 Å². The van der Waals surface area contributed by atoms with Crippen LogP contribution < -0.4 is 9.47 Å². The van der Waals surface area contributed by atoms with Crippen LogP contribution in [0.3, 0.4) is 0 Å². The fourth-order valence-electron chi connectivity index (χ4n) is 4.46. The first kappa shape index (κ1) is 7.37. The Balaban J connectivity index is 1.90. The highest BCUT2D eigenvalue weighted by Gasteiger charge is 2.64. The number of hydrogen-bond acceptors (Lipinski definition) is 4. The molecule has 2 unspecified atom stereocenters. The van der Waals surface area contributed by atoms with E-state index in [1.807, 2.05) is 0 Å². The van der Waals surface area contributed by atoms with Crippen molar-refractivity contribution in [1.29, 1.82) is 1.43 Å². The zero-order valence-corrected chi connectivity index (χ0v) is 12.1. The Bertz CT molecular complexity index is 967. The molecule has 1 saturated heterocycles. The van der Waals surface area contributed by atoms with Gasteiger partial charge < -0.3 is 19.5 Å². The predicted octanol–water partition coefficient (Wildman–Crippen LogP) is 1.50. The molecule has 2 aliphatic heterocycles. The van der Waals surface area contributed by atoms with Gasteiger partial charge in [0.25, 0.3) is 0 Å². The lowest BCUT2D eigenvalue weighted by molar-refractivity contribution is -0.0453. The van der Waals surface area contributed by atoms with Gasteiger partial charge in [0.2, 0.25) is 1.43 Å². The van der Waals surface area contributed by atoms with Crippen molar-refractivity contribution in [2.75, 3.05) is 20.6 Å². The summed E-state index contributed by atoms with van der Waals surface area (Å²) in [4.78, 5) is 0.945. The monoisotopic (exact) mass is 307 g/mol. The normalized spacial score (nSPS) is 55.9. The number of hydrogen-bond donors (Lipinski definition) is 1. The summed E-state index contributed by atoms with van der Waals surface area (Å²) in [6, 6.07) is 0.861. The number of rotatable bonds is 2. The van der Waals surface area contributed by atoms with E-state index < -0.39 is 42.9 Å². The highest BCUT2D eigenvalue weighted by Crippen LogP contribution is 2.62. The van der Waals surface area contributed by atoms with Crippen molar-refractivity contribution in [2.45, 2.75) is 36.4 Å². The fourth-order valence-corrected chi connectivity index (χ4v) is 4.46. The first-order valence-corrected chi connectivity index (χ1v) is 7.39. The van der Waals surface area contributed by atoms with Crippen LogP contribution in [0.4, 0.5) is 0 Å². The molecule has 4 aliphatic rings. The van der Waals surface area contributed by atoms with E-state index in [1.54, 1.807) is 0 Å². The number of methoxy groups -OCH3 is 1. The molecule has 5 atom stereocenters. The average molecular weight is 307 g/mol. The quantitative estimate of drug-likeness (QED) is 0.841. The maximum atomic E-state index is 9.32. The first-order chi connectivity index (χ1) is 13.9. The number of likely N-dealkylation sites (N-methyl/N-ethyl adjacent to an activating group) is 1. The summed E-state index contributed by atoms with van der Waals surface area (Å²) in [6.07, 6.45) is -2.36. The Morgan fingerprint density at radius 2 is 2.55 bits per heavy atom. The van der Waals surface area contributed by atoms with E-state index in [2.05, 4.69) is 0 Å². The standard InChI is InChI=1S/C18H21NO3/c1-19-8-7-18-11-4-5-13(20)17(18)22-16-14(21-2)6-3-10(15(16)18)9-12(11)19/h3-6,11-13,17,20H,7-9H2,1-2H3/t11-,12+,13?,17?,18-/m0/s1/i1D3,9D2,12D,13D,20D. The Kier molecular flexibility index (Phi) is 1.36. The molecule has 1 spiro atoms. The van der Waals surface area contributed by atoms with Crippen LogP contribution in [0, 0.1) is 5.92 Å². The third kappa shape index (κ3) is 1.28. The number of benzene rings is 1. The number of likely N-dealkylation sites (tertiary alicyclic amines) is 1. The molecule has 0 radical (unpaired) electrons. The molecule has 2 aliphatic carbocycles. The highest BCUT2D eigenvalue weighted by atomic mass is 16.5. The Labute approximate surface area is 141 Å². The van der Waals surface area contributed by atoms with Gasteiger partial charge in [-0.1, -0.05) is 18.2 Å². The van der Waals surface area contributed by atoms with Crippen molar-refractivity contribution in [3.8, 4) is 11.5 Å². The molecule has 2 bridgehead atoms. The Hall–Kier alpha value is -1.52. The molecule has 1 N–H and O–H groups in total. The van der Waals surface area contributed by atoms with Crippen molar-refractivity contribution in [3.05, 3.63) is 35.4 Å². The molecule has 2 heterocycles. The van der Waals surface area contributed by atoms with Crippen molar-refractivity contribution in [1.82, 2.24) is 4.90 Å². The molecular weight excluding hydrogens is 278 g/mol. The summed E-state index contributed by atoms with van der Waals surface area (Å²) in [5.41, 5.74) is -0.442. The third-order valence-corrected chi connectivity index (χ3v) is 5.37. The van der Waals surface area contributed by atoms with Crippen LogP contribution in [0.25, 0.3) is 0 Å². The summed E-state index contributed by atoms with van der Waals surface area (Å²) in [6.45, 7) is -2.78. The average Bonchev–Trinajstić information content (AvgIpc) is 3.02. The van der Waals surface area contributed by atoms with E-state index >= 15 is 0 Å². The maximum absolute atomic E-state index is 9.32. The molecule has 1 aromatic carbocycles. The van der Waals surface area contributed by atoms with Gasteiger partial charge in [0, 0.05) is 31.1 Å². The van der Waals surface area contributed by atoms with E-state index in [0.29, 0.717) is 11.3 Å². The topological polar surface area (TPSA) is 41.9 Å². The zero-order chi connectivity index (χ0) is 21.9. The Morgan fingerprint density at radius 1 is 1.59 bits per heavy atom. The van der Waals surface area contributed by atoms with Crippen molar-refractivity contribution in [3.63, 3.8) is 0 Å². The predicted molar refractivity (Wildman–Crippen MR) is 82.5 cm³/mol. The van der Waals surface area contributed by atoms with Gasteiger partial charge in [0.1, 0.15) is 12.2 Å². The minimum atomic E-state index is -2.69. The van der Waals surface area contributed by atoms with Crippen molar-refractivity contribution in [2.24, 2.45) is 5.92 Å². The van der Waals surface area contributed by atoms with Gasteiger partial charge in [-0.2, -0.15) is 0 Å². The lowest BCUT2D eigenvalue weighted by Gasteiger charge is -2.56. The van der Waals surface area contributed by atoms with E-state index in [-0.39, 0.29) is 24.3 Å². The second kappa shape index (κ2) is 4.06. The molecule has 22 heavy (non-hydrogen) atoms. The second-order valence-corrected chi connectivity index (χ2v) is 6.21. The largest absolute Gasteiger partial charge is 0.493 e. The summed E-state index contributed by atoms with van der Waals surface area (Å²) in [7, 11) is 1.45. The van der Waals surface area contributed by atoms with E-state index in [0.717, 1.165) is 4.90 Å². The molecule has 116 valence electrons. The van der Waals surface area contributed by atoms with Gasteiger partial charge >= 0.3 is 0 Å². The summed E-state index contributed by atoms with van der Waals surface area (Å²) in [5.74, 6) is -0.306. The molecule has 1 aromatic rings. The number of aliphatic hydroxyl groups is 1.